The molecule has 0 radical (unpaired) electrons. The minimum absolute atomic E-state index is 0.197. The standard InChI is InChI=1S/C17H21BFNO3/c1-16(2)17(3,4)23-18(22-16)15(19)11-12-6-7-14(21-5)13(10-12)8-9-20/h6-7,10-11H,8H2,1-5H3. The molecule has 1 heterocycles. The zero-order chi connectivity index (χ0) is 17.3. The van der Waals surface area contributed by atoms with Crippen LogP contribution in [0, 0.1) is 11.3 Å². The Morgan fingerprint density at radius 3 is 2.43 bits per heavy atom. The van der Waals surface area contributed by atoms with Crippen molar-refractivity contribution in [3.8, 4) is 11.8 Å². The third kappa shape index (κ3) is 3.57. The van der Waals surface area contributed by atoms with Crippen molar-refractivity contribution in [3.63, 3.8) is 0 Å². The highest BCUT2D eigenvalue weighted by atomic mass is 19.1. The van der Waals surface area contributed by atoms with Crippen LogP contribution in [0.5, 0.6) is 5.75 Å². The van der Waals surface area contributed by atoms with Gasteiger partial charge in [0, 0.05) is 5.56 Å². The average molecular weight is 317 g/mol. The predicted octanol–water partition coefficient (Wildman–Crippen LogP) is 3.70. The first-order valence-electron chi connectivity index (χ1n) is 7.47. The van der Waals surface area contributed by atoms with Gasteiger partial charge in [0.1, 0.15) is 11.5 Å². The van der Waals surface area contributed by atoms with E-state index in [1.54, 1.807) is 18.2 Å². The molecular formula is C17H21BFNO3. The van der Waals surface area contributed by atoms with Crippen LogP contribution in [0.15, 0.2) is 23.9 Å². The second-order valence-corrected chi connectivity index (χ2v) is 6.52. The van der Waals surface area contributed by atoms with E-state index in [1.165, 1.54) is 13.2 Å². The van der Waals surface area contributed by atoms with E-state index < -0.39 is 24.0 Å². The Balaban J connectivity index is 2.25. The van der Waals surface area contributed by atoms with Crippen LogP contribution in [0.3, 0.4) is 0 Å². The number of halogens is 1. The Bertz CT molecular complexity index is 648. The fourth-order valence-corrected chi connectivity index (χ4v) is 2.29. The molecule has 23 heavy (non-hydrogen) atoms. The third-order valence-electron chi connectivity index (χ3n) is 4.36. The molecule has 0 atom stereocenters. The normalized spacial score (nSPS) is 19.5. The molecule has 1 aliphatic rings. The Kier molecular flexibility index (Phi) is 4.83. The molecule has 2 rings (SSSR count). The van der Waals surface area contributed by atoms with Gasteiger partial charge in [0.15, 0.2) is 0 Å². The molecule has 0 aromatic heterocycles. The van der Waals surface area contributed by atoms with Crippen molar-refractivity contribution in [2.24, 2.45) is 0 Å². The lowest BCUT2D eigenvalue weighted by molar-refractivity contribution is 0.00578. The molecule has 0 saturated carbocycles. The van der Waals surface area contributed by atoms with E-state index in [1.807, 2.05) is 27.7 Å². The fraction of sp³-hybridized carbons (Fsp3) is 0.471. The number of nitriles is 1. The summed E-state index contributed by atoms with van der Waals surface area (Å²) in [4.78, 5) is 0. The molecule has 1 saturated heterocycles. The largest absolute Gasteiger partial charge is 0.525 e. The summed E-state index contributed by atoms with van der Waals surface area (Å²) in [5.41, 5.74) is -0.339. The highest BCUT2D eigenvalue weighted by molar-refractivity contribution is 6.54. The summed E-state index contributed by atoms with van der Waals surface area (Å²) in [5.74, 6) is 0.611. The molecule has 0 aliphatic carbocycles. The van der Waals surface area contributed by atoms with Crippen molar-refractivity contribution in [1.82, 2.24) is 0 Å². The van der Waals surface area contributed by atoms with E-state index in [2.05, 4.69) is 6.07 Å². The number of benzene rings is 1. The van der Waals surface area contributed by atoms with Gasteiger partial charge < -0.3 is 14.0 Å². The molecule has 1 fully saturated rings. The zero-order valence-corrected chi connectivity index (χ0v) is 14.1. The summed E-state index contributed by atoms with van der Waals surface area (Å²) < 4.78 is 31.0. The Hall–Kier alpha value is -1.84. The van der Waals surface area contributed by atoms with Gasteiger partial charge in [0.05, 0.1) is 30.8 Å². The lowest BCUT2D eigenvalue weighted by Gasteiger charge is -2.32. The van der Waals surface area contributed by atoms with Gasteiger partial charge in [-0.3, -0.25) is 0 Å². The Morgan fingerprint density at radius 1 is 1.30 bits per heavy atom. The van der Waals surface area contributed by atoms with Crippen molar-refractivity contribution in [1.29, 1.82) is 5.26 Å². The number of methoxy groups -OCH3 is 1. The smallest absolute Gasteiger partial charge is 0.496 e. The second-order valence-electron chi connectivity index (χ2n) is 6.52. The molecule has 6 heteroatoms. The molecule has 4 nitrogen and oxygen atoms in total. The van der Waals surface area contributed by atoms with Crippen molar-refractivity contribution in [2.45, 2.75) is 45.3 Å². The van der Waals surface area contributed by atoms with Crippen LogP contribution in [-0.4, -0.2) is 25.4 Å². The molecule has 0 spiro atoms. The Labute approximate surface area is 137 Å². The molecule has 0 unspecified atom stereocenters. The van der Waals surface area contributed by atoms with E-state index in [-0.39, 0.29) is 6.42 Å². The number of hydrogen-bond donors (Lipinski definition) is 0. The monoisotopic (exact) mass is 317 g/mol. The van der Waals surface area contributed by atoms with E-state index in [9.17, 15) is 4.39 Å². The maximum Gasteiger partial charge on any atom is 0.525 e. The first-order chi connectivity index (χ1) is 10.7. The lowest BCUT2D eigenvalue weighted by atomic mass is 9.86. The Morgan fingerprint density at radius 2 is 1.91 bits per heavy atom. The summed E-state index contributed by atoms with van der Waals surface area (Å²) in [6.45, 7) is 7.49. The van der Waals surface area contributed by atoms with Gasteiger partial charge >= 0.3 is 7.12 Å². The number of ether oxygens (including phenoxy) is 1. The maximum absolute atomic E-state index is 14.5. The van der Waals surface area contributed by atoms with E-state index in [0.717, 1.165) is 0 Å². The molecule has 1 aromatic rings. The predicted molar refractivity (Wildman–Crippen MR) is 87.5 cm³/mol. The van der Waals surface area contributed by atoms with Gasteiger partial charge in [0.2, 0.25) is 0 Å². The first kappa shape index (κ1) is 17.5. The van der Waals surface area contributed by atoms with Gasteiger partial charge in [-0.15, -0.1) is 0 Å². The minimum Gasteiger partial charge on any atom is -0.496 e. The maximum atomic E-state index is 14.5. The summed E-state index contributed by atoms with van der Waals surface area (Å²) >= 11 is 0. The molecule has 1 aromatic carbocycles. The van der Waals surface area contributed by atoms with Crippen LogP contribution in [0.4, 0.5) is 4.39 Å². The van der Waals surface area contributed by atoms with Crippen LogP contribution in [0.25, 0.3) is 6.08 Å². The van der Waals surface area contributed by atoms with Gasteiger partial charge in [-0.25, -0.2) is 4.39 Å². The second kappa shape index (κ2) is 6.35. The van der Waals surface area contributed by atoms with Gasteiger partial charge in [-0.2, -0.15) is 5.26 Å². The number of hydrogen-bond acceptors (Lipinski definition) is 4. The van der Waals surface area contributed by atoms with Crippen LogP contribution in [0.1, 0.15) is 38.8 Å². The lowest BCUT2D eigenvalue weighted by Crippen LogP contribution is -2.41. The van der Waals surface area contributed by atoms with Crippen molar-refractivity contribution in [3.05, 3.63) is 35.1 Å². The zero-order valence-electron chi connectivity index (χ0n) is 14.1. The average Bonchev–Trinajstić information content (AvgIpc) is 2.68. The van der Waals surface area contributed by atoms with E-state index >= 15 is 0 Å². The van der Waals surface area contributed by atoms with Crippen LogP contribution in [-0.2, 0) is 15.7 Å². The van der Waals surface area contributed by atoms with E-state index in [4.69, 9.17) is 19.3 Å². The van der Waals surface area contributed by atoms with Gasteiger partial charge in [0.25, 0.3) is 0 Å². The molecule has 1 aliphatic heterocycles. The minimum atomic E-state index is -1.03. The summed E-state index contributed by atoms with van der Waals surface area (Å²) in [6.07, 6.45) is 1.56. The van der Waals surface area contributed by atoms with Crippen molar-refractivity contribution in [2.75, 3.05) is 7.11 Å². The molecule has 122 valence electrons. The van der Waals surface area contributed by atoms with Crippen molar-refractivity contribution >= 4 is 13.2 Å². The number of rotatable bonds is 4. The highest BCUT2D eigenvalue weighted by Crippen LogP contribution is 2.39. The summed E-state index contributed by atoms with van der Waals surface area (Å²) in [7, 11) is 0.512. The van der Waals surface area contributed by atoms with E-state index in [0.29, 0.717) is 16.9 Å². The van der Waals surface area contributed by atoms with Crippen LogP contribution < -0.4 is 4.74 Å². The summed E-state index contributed by atoms with van der Waals surface area (Å²) in [6, 6.07) is 7.25. The van der Waals surface area contributed by atoms with Gasteiger partial charge in [-0.05, 0) is 51.5 Å². The summed E-state index contributed by atoms with van der Waals surface area (Å²) in [5, 5.41) is 8.87. The van der Waals surface area contributed by atoms with Crippen LogP contribution in [0.2, 0.25) is 0 Å². The van der Waals surface area contributed by atoms with Gasteiger partial charge in [-0.1, -0.05) is 6.07 Å². The van der Waals surface area contributed by atoms with Crippen LogP contribution >= 0.6 is 0 Å². The molecule has 0 bridgehead atoms. The molecule has 0 N–H and O–H groups in total. The fourth-order valence-electron chi connectivity index (χ4n) is 2.29. The van der Waals surface area contributed by atoms with Crippen molar-refractivity contribution < 1.29 is 18.4 Å². The SMILES string of the molecule is COc1ccc(C=C(F)B2OC(C)(C)C(C)(C)O2)cc1CC#N. The molecule has 0 amide bonds. The quantitative estimate of drug-likeness (QED) is 0.795. The number of nitrogens with zero attached hydrogens (tertiary/aromatic N) is 1. The third-order valence-corrected chi connectivity index (χ3v) is 4.36. The topological polar surface area (TPSA) is 51.5 Å². The molecular weight excluding hydrogens is 296 g/mol. The first-order valence-corrected chi connectivity index (χ1v) is 7.47. The highest BCUT2D eigenvalue weighted by Gasteiger charge is 2.53.